The third-order valence-corrected chi connectivity index (χ3v) is 3.55. The fourth-order valence-electron chi connectivity index (χ4n) is 2.43. The first-order valence-electron chi connectivity index (χ1n) is 6.65. The summed E-state index contributed by atoms with van der Waals surface area (Å²) in [5.41, 5.74) is 0. The summed E-state index contributed by atoms with van der Waals surface area (Å²) in [6.45, 7) is 0. The van der Waals surface area contributed by atoms with E-state index in [0.717, 1.165) is 12.2 Å². The van der Waals surface area contributed by atoms with E-state index in [0.29, 0.717) is 18.7 Å². The number of hydrogen-bond acceptors (Lipinski definition) is 6. The molecule has 20 heavy (non-hydrogen) atoms. The zero-order chi connectivity index (χ0) is 13.9. The fourth-order valence-corrected chi connectivity index (χ4v) is 2.43. The Hall–Kier alpha value is -1.99. The molecule has 2 heterocycles. The maximum absolute atomic E-state index is 9.70. The minimum absolute atomic E-state index is 0.110. The van der Waals surface area contributed by atoms with Gasteiger partial charge < -0.3 is 15.5 Å². The van der Waals surface area contributed by atoms with Gasteiger partial charge in [0, 0.05) is 24.5 Å². The minimum Gasteiger partial charge on any atom is -0.390 e. The molecule has 7 heteroatoms. The highest BCUT2D eigenvalue weighted by molar-refractivity contribution is 5.41. The molecule has 106 valence electrons. The summed E-state index contributed by atoms with van der Waals surface area (Å²) in [6.07, 6.45) is 7.31. The largest absolute Gasteiger partial charge is 0.390 e. The molecule has 0 amide bonds. The summed E-state index contributed by atoms with van der Waals surface area (Å²) in [5.74, 6) is 1.44. The van der Waals surface area contributed by atoms with Crippen LogP contribution in [0.1, 0.15) is 19.3 Å². The van der Waals surface area contributed by atoms with Crippen molar-refractivity contribution in [3.63, 3.8) is 0 Å². The number of aliphatic hydroxyl groups excluding tert-OH is 2. The van der Waals surface area contributed by atoms with Crippen molar-refractivity contribution in [2.24, 2.45) is 0 Å². The normalized spacial score (nSPS) is 26.4. The van der Waals surface area contributed by atoms with Crippen LogP contribution in [-0.4, -0.2) is 48.0 Å². The van der Waals surface area contributed by atoms with Gasteiger partial charge in [0.2, 0.25) is 0 Å². The molecule has 1 aliphatic carbocycles. The lowest BCUT2D eigenvalue weighted by Crippen LogP contribution is -2.39. The maximum Gasteiger partial charge on any atom is 0.143 e. The number of nitrogens with one attached hydrogen (secondary N) is 1. The van der Waals surface area contributed by atoms with Gasteiger partial charge in [0.25, 0.3) is 0 Å². The van der Waals surface area contributed by atoms with E-state index < -0.39 is 12.2 Å². The number of aromatic nitrogens is 4. The van der Waals surface area contributed by atoms with Crippen LogP contribution in [0.3, 0.4) is 0 Å². The zero-order valence-corrected chi connectivity index (χ0v) is 10.9. The fraction of sp³-hybridized carbons (Fsp3) is 0.462. The van der Waals surface area contributed by atoms with E-state index in [1.165, 1.54) is 6.33 Å². The summed E-state index contributed by atoms with van der Waals surface area (Å²) in [5, 5.41) is 22.5. The third-order valence-electron chi connectivity index (χ3n) is 3.55. The topological polar surface area (TPSA) is 96.1 Å². The molecule has 2 aromatic rings. The predicted molar refractivity (Wildman–Crippen MR) is 72.4 cm³/mol. The van der Waals surface area contributed by atoms with Crippen LogP contribution in [0.15, 0.2) is 31.1 Å². The second kappa shape index (κ2) is 5.56. The summed E-state index contributed by atoms with van der Waals surface area (Å²) in [4.78, 5) is 12.4. The highest BCUT2D eigenvalue weighted by atomic mass is 16.3. The summed E-state index contributed by atoms with van der Waals surface area (Å²) >= 11 is 0. The van der Waals surface area contributed by atoms with E-state index in [1.807, 2.05) is 12.3 Å². The van der Waals surface area contributed by atoms with Gasteiger partial charge in [0.15, 0.2) is 0 Å². The monoisotopic (exact) mass is 275 g/mol. The number of rotatable bonds is 3. The van der Waals surface area contributed by atoms with Crippen molar-refractivity contribution < 1.29 is 10.2 Å². The molecule has 0 spiro atoms. The Kier molecular flexibility index (Phi) is 3.62. The summed E-state index contributed by atoms with van der Waals surface area (Å²) in [7, 11) is 0. The molecule has 0 radical (unpaired) electrons. The zero-order valence-electron chi connectivity index (χ0n) is 10.9. The van der Waals surface area contributed by atoms with E-state index in [1.54, 1.807) is 17.1 Å². The van der Waals surface area contributed by atoms with Crippen LogP contribution in [0.4, 0.5) is 5.82 Å². The molecular weight excluding hydrogens is 258 g/mol. The molecule has 1 saturated carbocycles. The number of nitrogens with zero attached hydrogens (tertiary/aromatic N) is 4. The Bertz CT molecular complexity index is 560. The van der Waals surface area contributed by atoms with E-state index in [4.69, 9.17) is 0 Å². The highest BCUT2D eigenvalue weighted by Crippen LogP contribution is 2.22. The average molecular weight is 275 g/mol. The first kappa shape index (κ1) is 13.0. The molecule has 2 aromatic heterocycles. The molecule has 1 aliphatic rings. The molecule has 0 aliphatic heterocycles. The average Bonchev–Trinajstić information content (AvgIpc) is 2.97. The van der Waals surface area contributed by atoms with Crippen LogP contribution < -0.4 is 5.32 Å². The lowest BCUT2D eigenvalue weighted by atomic mass is 9.90. The van der Waals surface area contributed by atoms with Gasteiger partial charge in [-0.05, 0) is 19.3 Å². The number of aliphatic hydroxyl groups is 2. The highest BCUT2D eigenvalue weighted by Gasteiger charge is 2.27. The molecule has 3 atom stereocenters. The number of anilines is 1. The van der Waals surface area contributed by atoms with Gasteiger partial charge in [-0.2, -0.15) is 0 Å². The molecule has 1 fully saturated rings. The Labute approximate surface area is 116 Å². The van der Waals surface area contributed by atoms with Crippen LogP contribution in [0.5, 0.6) is 0 Å². The lowest BCUT2D eigenvalue weighted by molar-refractivity contribution is -0.0120. The van der Waals surface area contributed by atoms with Crippen molar-refractivity contribution in [1.82, 2.24) is 19.5 Å². The van der Waals surface area contributed by atoms with Crippen LogP contribution in [0.2, 0.25) is 0 Å². The van der Waals surface area contributed by atoms with Crippen molar-refractivity contribution in [2.75, 3.05) is 5.32 Å². The van der Waals surface area contributed by atoms with Crippen LogP contribution in [0, 0.1) is 0 Å². The van der Waals surface area contributed by atoms with E-state index in [-0.39, 0.29) is 6.04 Å². The number of imidazole rings is 1. The molecule has 1 unspecified atom stereocenters. The Morgan fingerprint density at radius 3 is 2.85 bits per heavy atom. The molecular formula is C13H17N5O2. The number of hydrogen-bond donors (Lipinski definition) is 3. The standard InChI is InChI=1S/C13H17N5O2/c19-10-2-1-9(5-11(10)20)17-12-6-13(16-7-15-12)18-4-3-14-8-18/h3-4,6-11,19-20H,1-2,5H2,(H,15,16,17)/t9?,10-,11+/m1/s1. The summed E-state index contributed by atoms with van der Waals surface area (Å²) in [6, 6.07) is 1.94. The summed E-state index contributed by atoms with van der Waals surface area (Å²) < 4.78 is 1.80. The van der Waals surface area contributed by atoms with E-state index >= 15 is 0 Å². The minimum atomic E-state index is -0.670. The molecule has 7 nitrogen and oxygen atoms in total. The smallest absolute Gasteiger partial charge is 0.143 e. The van der Waals surface area contributed by atoms with Gasteiger partial charge in [0.1, 0.15) is 24.3 Å². The van der Waals surface area contributed by atoms with E-state index in [9.17, 15) is 10.2 Å². The van der Waals surface area contributed by atoms with Gasteiger partial charge in [-0.15, -0.1) is 0 Å². The second-order valence-electron chi connectivity index (χ2n) is 5.02. The van der Waals surface area contributed by atoms with Gasteiger partial charge in [-0.1, -0.05) is 0 Å². The van der Waals surface area contributed by atoms with Crippen molar-refractivity contribution in [2.45, 2.75) is 37.5 Å². The first-order valence-corrected chi connectivity index (χ1v) is 6.65. The quantitative estimate of drug-likeness (QED) is 0.748. The Balaban J connectivity index is 1.70. The predicted octanol–water partition coefficient (Wildman–Crippen LogP) is 0.348. The molecule has 0 bridgehead atoms. The SMILES string of the molecule is O[C@@H]1CCC(Nc2cc(-n3ccnc3)ncn2)C[C@@H]1O. The lowest BCUT2D eigenvalue weighted by Gasteiger charge is -2.30. The van der Waals surface area contributed by atoms with E-state index in [2.05, 4.69) is 20.3 Å². The third kappa shape index (κ3) is 2.78. The van der Waals surface area contributed by atoms with Crippen LogP contribution in [-0.2, 0) is 0 Å². The van der Waals surface area contributed by atoms with Crippen LogP contribution in [0.25, 0.3) is 5.82 Å². The molecule has 3 rings (SSSR count). The van der Waals surface area contributed by atoms with Crippen molar-refractivity contribution in [3.05, 3.63) is 31.1 Å². The molecule has 3 N–H and O–H groups in total. The van der Waals surface area contributed by atoms with Gasteiger partial charge in [-0.3, -0.25) is 4.57 Å². The molecule has 0 saturated heterocycles. The Morgan fingerprint density at radius 1 is 1.20 bits per heavy atom. The van der Waals surface area contributed by atoms with Gasteiger partial charge >= 0.3 is 0 Å². The van der Waals surface area contributed by atoms with Crippen molar-refractivity contribution >= 4 is 5.82 Å². The van der Waals surface area contributed by atoms with Crippen molar-refractivity contribution in [1.29, 1.82) is 0 Å². The van der Waals surface area contributed by atoms with Gasteiger partial charge in [-0.25, -0.2) is 15.0 Å². The van der Waals surface area contributed by atoms with Crippen molar-refractivity contribution in [3.8, 4) is 5.82 Å². The Morgan fingerprint density at radius 2 is 2.10 bits per heavy atom. The second-order valence-corrected chi connectivity index (χ2v) is 5.02. The molecule has 0 aromatic carbocycles. The first-order chi connectivity index (χ1) is 9.72. The van der Waals surface area contributed by atoms with Crippen LogP contribution >= 0.6 is 0 Å². The van der Waals surface area contributed by atoms with Gasteiger partial charge in [0.05, 0.1) is 12.2 Å². The maximum atomic E-state index is 9.70.